The van der Waals surface area contributed by atoms with Gasteiger partial charge in [0.25, 0.3) is 5.91 Å². The van der Waals surface area contributed by atoms with Gasteiger partial charge in [0, 0.05) is 11.7 Å². The number of anilines is 1. The summed E-state index contributed by atoms with van der Waals surface area (Å²) in [5.74, 6) is -0.980. The van der Waals surface area contributed by atoms with Crippen molar-refractivity contribution in [1.29, 1.82) is 0 Å². The molecule has 3 N–H and O–H groups in total. The van der Waals surface area contributed by atoms with E-state index in [1.54, 1.807) is 0 Å². The Labute approximate surface area is 81.1 Å². The lowest BCUT2D eigenvalue weighted by Gasteiger charge is -2.06. The molecule has 0 aliphatic heterocycles. The fourth-order valence-electron chi connectivity index (χ4n) is 1.27. The second kappa shape index (κ2) is 3.29. The smallest absolute Gasteiger partial charge is 0.256 e. The first kappa shape index (κ1) is 8.99. The molecular formula is C10H11FN2O. The molecule has 0 heterocycles. The Hall–Kier alpha value is -1.58. The lowest BCUT2D eigenvalue weighted by molar-refractivity contribution is 0.0948. The average molecular weight is 194 g/mol. The van der Waals surface area contributed by atoms with Crippen LogP contribution in [0.1, 0.15) is 23.2 Å². The van der Waals surface area contributed by atoms with Crippen LogP contribution in [0.15, 0.2) is 18.2 Å². The van der Waals surface area contributed by atoms with Crippen molar-refractivity contribution in [2.24, 2.45) is 0 Å². The zero-order valence-electron chi connectivity index (χ0n) is 7.59. The van der Waals surface area contributed by atoms with Gasteiger partial charge in [0.2, 0.25) is 0 Å². The third kappa shape index (κ3) is 1.69. The van der Waals surface area contributed by atoms with E-state index in [0.717, 1.165) is 12.8 Å². The number of benzene rings is 1. The summed E-state index contributed by atoms with van der Waals surface area (Å²) in [7, 11) is 0. The lowest BCUT2D eigenvalue weighted by atomic mass is 10.1. The Bertz CT molecular complexity index is 354. The molecule has 1 aromatic carbocycles. The van der Waals surface area contributed by atoms with E-state index in [4.69, 9.17) is 5.73 Å². The maximum Gasteiger partial charge on any atom is 0.256 e. The fourth-order valence-corrected chi connectivity index (χ4v) is 1.27. The maximum atomic E-state index is 13.2. The summed E-state index contributed by atoms with van der Waals surface area (Å²) in [5, 5.41) is 2.69. The van der Waals surface area contributed by atoms with Gasteiger partial charge in [0.05, 0.1) is 5.56 Å². The fraction of sp³-hybridized carbons (Fsp3) is 0.300. The molecule has 1 aliphatic carbocycles. The highest BCUT2D eigenvalue weighted by Crippen LogP contribution is 2.21. The number of nitrogens with two attached hydrogens (primary N) is 1. The van der Waals surface area contributed by atoms with E-state index in [1.807, 2.05) is 0 Å². The summed E-state index contributed by atoms with van der Waals surface area (Å²) in [5.41, 5.74) is 5.66. The van der Waals surface area contributed by atoms with E-state index in [-0.39, 0.29) is 17.3 Å². The van der Waals surface area contributed by atoms with Crippen LogP contribution in [0, 0.1) is 5.82 Å². The molecule has 0 bridgehead atoms. The quantitative estimate of drug-likeness (QED) is 0.697. The van der Waals surface area contributed by atoms with Gasteiger partial charge in [-0.1, -0.05) is 6.07 Å². The highest BCUT2D eigenvalue weighted by molar-refractivity contribution is 5.99. The number of amides is 1. The summed E-state index contributed by atoms with van der Waals surface area (Å²) < 4.78 is 13.2. The van der Waals surface area contributed by atoms with E-state index in [9.17, 15) is 9.18 Å². The zero-order valence-corrected chi connectivity index (χ0v) is 7.59. The molecule has 0 saturated heterocycles. The van der Waals surface area contributed by atoms with Crippen LogP contribution in [0.5, 0.6) is 0 Å². The molecule has 74 valence electrons. The maximum absolute atomic E-state index is 13.2. The average Bonchev–Trinajstić information content (AvgIpc) is 2.87. The number of halogens is 1. The molecule has 1 aromatic rings. The van der Waals surface area contributed by atoms with Crippen molar-refractivity contribution in [2.75, 3.05) is 5.73 Å². The number of nitrogen functional groups attached to an aromatic ring is 1. The monoisotopic (exact) mass is 194 g/mol. The number of carbonyl (C=O) groups excluding carboxylic acids is 1. The second-order valence-corrected chi connectivity index (χ2v) is 3.45. The summed E-state index contributed by atoms with van der Waals surface area (Å²) >= 11 is 0. The van der Waals surface area contributed by atoms with Crippen LogP contribution in [0.4, 0.5) is 10.1 Å². The van der Waals surface area contributed by atoms with Crippen LogP contribution in [0.2, 0.25) is 0 Å². The van der Waals surface area contributed by atoms with Gasteiger partial charge in [-0.15, -0.1) is 0 Å². The minimum atomic E-state index is -0.567. The molecule has 0 radical (unpaired) electrons. The van der Waals surface area contributed by atoms with Crippen molar-refractivity contribution >= 4 is 11.6 Å². The molecule has 0 atom stereocenters. The van der Waals surface area contributed by atoms with Gasteiger partial charge in [-0.3, -0.25) is 4.79 Å². The number of carbonyl (C=O) groups is 1. The van der Waals surface area contributed by atoms with Gasteiger partial charge in [-0.2, -0.15) is 0 Å². The van der Waals surface area contributed by atoms with E-state index in [2.05, 4.69) is 5.32 Å². The molecular weight excluding hydrogens is 183 g/mol. The molecule has 1 aliphatic rings. The largest absolute Gasteiger partial charge is 0.398 e. The van der Waals surface area contributed by atoms with Crippen LogP contribution < -0.4 is 11.1 Å². The molecule has 1 saturated carbocycles. The molecule has 4 heteroatoms. The SMILES string of the molecule is Nc1cccc(F)c1C(=O)NC1CC1. The first-order chi connectivity index (χ1) is 6.68. The summed E-state index contributed by atoms with van der Waals surface area (Å²) in [4.78, 5) is 11.5. The predicted molar refractivity (Wildman–Crippen MR) is 51.3 cm³/mol. The van der Waals surface area contributed by atoms with Crippen LogP contribution in [-0.2, 0) is 0 Å². The number of nitrogens with one attached hydrogen (secondary N) is 1. The van der Waals surface area contributed by atoms with E-state index >= 15 is 0 Å². The first-order valence-electron chi connectivity index (χ1n) is 4.53. The van der Waals surface area contributed by atoms with Crippen molar-refractivity contribution in [1.82, 2.24) is 5.32 Å². The minimum absolute atomic E-state index is 0.0422. The van der Waals surface area contributed by atoms with Crippen LogP contribution >= 0.6 is 0 Å². The van der Waals surface area contributed by atoms with Gasteiger partial charge in [0.1, 0.15) is 5.82 Å². The van der Waals surface area contributed by atoms with Crippen LogP contribution in [0.25, 0.3) is 0 Å². The lowest BCUT2D eigenvalue weighted by Crippen LogP contribution is -2.27. The molecule has 0 unspecified atom stereocenters. The van der Waals surface area contributed by atoms with Gasteiger partial charge in [-0.05, 0) is 25.0 Å². The Morgan fingerprint density at radius 1 is 1.50 bits per heavy atom. The molecule has 14 heavy (non-hydrogen) atoms. The normalized spacial score (nSPS) is 15.2. The van der Waals surface area contributed by atoms with Gasteiger partial charge < -0.3 is 11.1 Å². The highest BCUT2D eigenvalue weighted by Gasteiger charge is 2.25. The molecule has 0 aromatic heterocycles. The Balaban J connectivity index is 2.24. The second-order valence-electron chi connectivity index (χ2n) is 3.45. The van der Waals surface area contributed by atoms with Gasteiger partial charge >= 0.3 is 0 Å². The van der Waals surface area contributed by atoms with Gasteiger partial charge in [0.15, 0.2) is 0 Å². The summed E-state index contributed by atoms with van der Waals surface area (Å²) in [6, 6.07) is 4.45. The number of hydrogen-bond acceptors (Lipinski definition) is 2. The molecule has 1 amide bonds. The van der Waals surface area contributed by atoms with Crippen molar-refractivity contribution in [3.8, 4) is 0 Å². The molecule has 3 nitrogen and oxygen atoms in total. The molecule has 2 rings (SSSR count). The number of rotatable bonds is 2. The predicted octanol–water partition coefficient (Wildman–Crippen LogP) is 1.30. The zero-order chi connectivity index (χ0) is 10.1. The van der Waals surface area contributed by atoms with E-state index in [0.29, 0.717) is 0 Å². The van der Waals surface area contributed by atoms with E-state index < -0.39 is 11.7 Å². The Morgan fingerprint density at radius 2 is 2.21 bits per heavy atom. The topological polar surface area (TPSA) is 55.1 Å². The summed E-state index contributed by atoms with van der Waals surface area (Å²) in [6.45, 7) is 0. The first-order valence-corrected chi connectivity index (χ1v) is 4.53. The van der Waals surface area contributed by atoms with Crippen molar-refractivity contribution in [3.05, 3.63) is 29.6 Å². The van der Waals surface area contributed by atoms with Gasteiger partial charge in [-0.25, -0.2) is 4.39 Å². The highest BCUT2D eigenvalue weighted by atomic mass is 19.1. The van der Waals surface area contributed by atoms with Crippen LogP contribution in [-0.4, -0.2) is 11.9 Å². The standard InChI is InChI=1S/C10H11FN2O/c11-7-2-1-3-8(12)9(7)10(14)13-6-4-5-6/h1-3,6H,4-5,12H2,(H,13,14). The van der Waals surface area contributed by atoms with Crippen molar-refractivity contribution < 1.29 is 9.18 Å². The van der Waals surface area contributed by atoms with Crippen molar-refractivity contribution in [3.63, 3.8) is 0 Å². The summed E-state index contributed by atoms with van der Waals surface area (Å²) in [6.07, 6.45) is 1.94. The Morgan fingerprint density at radius 3 is 2.79 bits per heavy atom. The molecule has 1 fully saturated rings. The third-order valence-electron chi connectivity index (χ3n) is 2.19. The van der Waals surface area contributed by atoms with E-state index in [1.165, 1.54) is 18.2 Å². The molecule has 0 spiro atoms. The minimum Gasteiger partial charge on any atom is -0.398 e. The van der Waals surface area contributed by atoms with Crippen LogP contribution in [0.3, 0.4) is 0 Å². The third-order valence-corrected chi connectivity index (χ3v) is 2.19. The Kier molecular flexibility index (Phi) is 2.11. The van der Waals surface area contributed by atoms with Crippen molar-refractivity contribution in [2.45, 2.75) is 18.9 Å². The number of hydrogen-bond donors (Lipinski definition) is 2.